The quantitative estimate of drug-likeness (QED) is 0.460. The number of anilines is 1. The summed E-state index contributed by atoms with van der Waals surface area (Å²) in [5.41, 5.74) is 0.528. The first-order valence-corrected chi connectivity index (χ1v) is 12.4. The minimum atomic E-state index is -4.09. The fraction of sp³-hybridized carbons (Fsp3) is 0.450. The van der Waals surface area contributed by atoms with Crippen molar-refractivity contribution in [2.75, 3.05) is 17.9 Å². The fourth-order valence-electron chi connectivity index (χ4n) is 3.48. The molecular formula is C20H24ClN7O5S. The van der Waals surface area contributed by atoms with Gasteiger partial charge in [-0.15, -0.1) is 10.2 Å². The van der Waals surface area contributed by atoms with Gasteiger partial charge in [0, 0.05) is 18.6 Å². The van der Waals surface area contributed by atoms with Crippen LogP contribution in [0.2, 0.25) is 5.02 Å². The van der Waals surface area contributed by atoms with Crippen molar-refractivity contribution in [2.24, 2.45) is 0 Å². The van der Waals surface area contributed by atoms with Gasteiger partial charge in [-0.2, -0.15) is 0 Å². The van der Waals surface area contributed by atoms with Gasteiger partial charge in [0.2, 0.25) is 21.9 Å². The van der Waals surface area contributed by atoms with Crippen molar-refractivity contribution in [3.8, 4) is 17.3 Å². The first-order valence-electron chi connectivity index (χ1n) is 10.5. The number of halogens is 1. The monoisotopic (exact) mass is 509 g/mol. The van der Waals surface area contributed by atoms with E-state index in [1.54, 1.807) is 32.2 Å². The minimum Gasteiger partial charge on any atom is -0.475 e. The lowest BCUT2D eigenvalue weighted by atomic mass is 10.2. The third-order valence-electron chi connectivity index (χ3n) is 5.16. The van der Waals surface area contributed by atoms with Crippen molar-refractivity contribution in [3.05, 3.63) is 41.6 Å². The predicted octanol–water partition coefficient (Wildman–Crippen LogP) is 2.01. The Labute approximate surface area is 201 Å². The molecule has 0 bridgehead atoms. The molecule has 3 aromatic rings. The lowest BCUT2D eigenvalue weighted by molar-refractivity contribution is 0.00154. The number of fused-ring (bicyclic) bond motifs is 3. The number of pyridine rings is 1. The number of hydrogen-bond donors (Lipinski definition) is 2. The molecule has 0 saturated heterocycles. The summed E-state index contributed by atoms with van der Waals surface area (Å²) in [5.74, 6) is 0.750. The number of nitrogens with zero attached hydrogens (tertiary/aromatic N) is 6. The van der Waals surface area contributed by atoms with E-state index >= 15 is 0 Å². The molecule has 0 fully saturated rings. The molecule has 0 aromatic carbocycles. The number of aliphatic hydroxyl groups excluding tert-OH is 1. The Balaban J connectivity index is 1.69. The number of aromatic nitrogens is 6. The zero-order valence-electron chi connectivity index (χ0n) is 18.7. The van der Waals surface area contributed by atoms with Gasteiger partial charge < -0.3 is 14.6 Å². The maximum atomic E-state index is 13.4. The van der Waals surface area contributed by atoms with Gasteiger partial charge in [0.1, 0.15) is 18.0 Å². The van der Waals surface area contributed by atoms with Crippen LogP contribution in [0.4, 0.5) is 5.95 Å². The molecule has 1 aliphatic heterocycles. The zero-order chi connectivity index (χ0) is 24.5. The number of nitrogens with one attached hydrogen (secondary N) is 1. The summed E-state index contributed by atoms with van der Waals surface area (Å²) in [5, 5.41) is 17.3. The number of rotatable bonds is 8. The molecule has 3 aromatic heterocycles. The Morgan fingerprint density at radius 2 is 2.00 bits per heavy atom. The molecule has 0 radical (unpaired) electrons. The van der Waals surface area contributed by atoms with Crippen molar-refractivity contribution >= 4 is 27.6 Å². The van der Waals surface area contributed by atoms with Gasteiger partial charge in [0.15, 0.2) is 11.6 Å². The van der Waals surface area contributed by atoms with Gasteiger partial charge in [0.05, 0.1) is 29.3 Å². The number of sulfonamides is 1. The highest BCUT2D eigenvalue weighted by atomic mass is 35.5. The molecule has 4 heterocycles. The summed E-state index contributed by atoms with van der Waals surface area (Å²) in [6.07, 6.45) is 3.04. The van der Waals surface area contributed by atoms with E-state index in [0.29, 0.717) is 22.3 Å². The maximum Gasteiger partial charge on any atom is 0.240 e. The topological polar surface area (TPSA) is 154 Å². The Kier molecular flexibility index (Phi) is 6.98. The number of ether oxygens (including phenoxy) is 2. The third-order valence-corrected chi connectivity index (χ3v) is 7.05. The molecule has 0 saturated carbocycles. The molecule has 12 nitrogen and oxygen atoms in total. The minimum absolute atomic E-state index is 0.0491. The van der Waals surface area contributed by atoms with Crippen molar-refractivity contribution in [3.63, 3.8) is 0 Å². The van der Waals surface area contributed by atoms with Gasteiger partial charge in [-0.05, 0) is 32.9 Å². The largest absolute Gasteiger partial charge is 0.475 e. The van der Waals surface area contributed by atoms with Crippen LogP contribution in [0.3, 0.4) is 0 Å². The molecule has 2 N–H and O–H groups in total. The average Bonchev–Trinajstić information content (AvgIpc) is 3.12. The SMILES string of the molecule is CC(C)O[C@@H](c1ncc(Cl)cn1)[C@H](C)S(=O)(=O)Nc1nnc2n1[C@H](CO)COc1ncccc1-2. The van der Waals surface area contributed by atoms with E-state index < -0.39 is 27.4 Å². The molecule has 14 heteroatoms. The van der Waals surface area contributed by atoms with Crippen LogP contribution >= 0.6 is 11.6 Å². The smallest absolute Gasteiger partial charge is 0.240 e. The van der Waals surface area contributed by atoms with Gasteiger partial charge in [0.25, 0.3) is 0 Å². The summed E-state index contributed by atoms with van der Waals surface area (Å²) < 4.78 is 42.4. The number of aliphatic hydroxyl groups is 1. The summed E-state index contributed by atoms with van der Waals surface area (Å²) in [7, 11) is -4.09. The average molecular weight is 510 g/mol. The predicted molar refractivity (Wildman–Crippen MR) is 123 cm³/mol. The van der Waals surface area contributed by atoms with Crippen LogP contribution in [-0.2, 0) is 14.8 Å². The van der Waals surface area contributed by atoms with Crippen LogP contribution in [0.5, 0.6) is 5.88 Å². The van der Waals surface area contributed by atoms with Crippen LogP contribution in [0.25, 0.3) is 11.4 Å². The third kappa shape index (κ3) is 4.82. The van der Waals surface area contributed by atoms with Crippen molar-refractivity contribution in [1.82, 2.24) is 29.7 Å². The molecular weight excluding hydrogens is 486 g/mol. The Morgan fingerprint density at radius 3 is 2.68 bits per heavy atom. The summed E-state index contributed by atoms with van der Waals surface area (Å²) in [6.45, 7) is 4.77. The lowest BCUT2D eigenvalue weighted by Gasteiger charge is -2.25. The molecule has 34 heavy (non-hydrogen) atoms. The summed E-state index contributed by atoms with van der Waals surface area (Å²) in [4.78, 5) is 12.5. The van der Waals surface area contributed by atoms with Gasteiger partial charge in [-0.3, -0.25) is 9.29 Å². The lowest BCUT2D eigenvalue weighted by Crippen LogP contribution is -2.35. The van der Waals surface area contributed by atoms with Crippen LogP contribution in [0, 0.1) is 0 Å². The highest BCUT2D eigenvalue weighted by Crippen LogP contribution is 2.35. The first-order chi connectivity index (χ1) is 16.2. The van der Waals surface area contributed by atoms with Gasteiger partial charge in [-0.1, -0.05) is 11.6 Å². The Bertz CT molecular complexity index is 1250. The second-order valence-electron chi connectivity index (χ2n) is 7.94. The van der Waals surface area contributed by atoms with E-state index in [1.165, 1.54) is 23.9 Å². The van der Waals surface area contributed by atoms with Crippen molar-refractivity contribution < 1.29 is 23.0 Å². The first kappa shape index (κ1) is 24.3. The van der Waals surface area contributed by atoms with Crippen LogP contribution in [-0.4, -0.2) is 67.8 Å². The van der Waals surface area contributed by atoms with E-state index in [4.69, 9.17) is 21.1 Å². The van der Waals surface area contributed by atoms with Crippen molar-refractivity contribution in [1.29, 1.82) is 0 Å². The molecule has 182 valence electrons. The number of hydrogen-bond acceptors (Lipinski definition) is 10. The van der Waals surface area contributed by atoms with Crippen LogP contribution in [0.1, 0.15) is 38.7 Å². The van der Waals surface area contributed by atoms with Crippen molar-refractivity contribution in [2.45, 2.75) is 44.3 Å². The van der Waals surface area contributed by atoms with Gasteiger partial charge >= 0.3 is 0 Å². The maximum absolute atomic E-state index is 13.4. The molecule has 0 amide bonds. The molecule has 0 aliphatic carbocycles. The van der Waals surface area contributed by atoms with E-state index in [0.717, 1.165) is 0 Å². The summed E-state index contributed by atoms with van der Waals surface area (Å²) in [6, 6.07) is 2.79. The highest BCUT2D eigenvalue weighted by molar-refractivity contribution is 7.93. The molecule has 4 rings (SSSR count). The van der Waals surface area contributed by atoms with Gasteiger partial charge in [-0.25, -0.2) is 23.4 Å². The van der Waals surface area contributed by atoms with E-state index in [1.807, 2.05) is 0 Å². The van der Waals surface area contributed by atoms with E-state index in [2.05, 4.69) is 29.9 Å². The van der Waals surface area contributed by atoms with Crippen LogP contribution in [0.15, 0.2) is 30.7 Å². The highest BCUT2D eigenvalue weighted by Gasteiger charge is 2.37. The fourth-order valence-corrected chi connectivity index (χ4v) is 4.67. The normalized spacial score (nSPS) is 17.3. The second kappa shape index (κ2) is 9.78. The van der Waals surface area contributed by atoms with E-state index in [-0.39, 0.29) is 31.1 Å². The second-order valence-corrected chi connectivity index (χ2v) is 10.4. The molecule has 0 spiro atoms. The zero-order valence-corrected chi connectivity index (χ0v) is 20.2. The van der Waals surface area contributed by atoms with E-state index in [9.17, 15) is 13.5 Å². The molecule has 3 atom stereocenters. The molecule has 1 aliphatic rings. The standard InChI is InChI=1S/C20H24ClN7O5S/c1-11(2)33-16(17-23-7-13(21)8-24-17)12(3)34(30,31)27-20-26-25-18-15-5-4-6-22-19(15)32-10-14(9-29)28(18)20/h4-8,11-12,14,16,29H,9-10H2,1-3H3,(H,26,27)/t12-,14+,16+/m0/s1. The summed E-state index contributed by atoms with van der Waals surface area (Å²) >= 11 is 5.88. The Hall–Kier alpha value is -2.87. The Morgan fingerprint density at radius 1 is 1.26 bits per heavy atom. The molecule has 0 unspecified atom stereocenters. The van der Waals surface area contributed by atoms with Crippen LogP contribution < -0.4 is 9.46 Å².